The summed E-state index contributed by atoms with van der Waals surface area (Å²) in [4.78, 5) is 2.56. The Balaban J connectivity index is 1.46. The van der Waals surface area contributed by atoms with Crippen molar-refractivity contribution in [1.29, 1.82) is 0 Å². The summed E-state index contributed by atoms with van der Waals surface area (Å²) in [6.45, 7) is 3.54. The Morgan fingerprint density at radius 1 is 0.960 bits per heavy atom. The van der Waals surface area contributed by atoms with E-state index in [2.05, 4.69) is 59.5 Å². The molecule has 4 rings (SSSR count). The predicted molar refractivity (Wildman–Crippen MR) is 99.2 cm³/mol. The molecule has 0 spiro atoms. The van der Waals surface area contributed by atoms with Gasteiger partial charge >= 0.3 is 0 Å². The van der Waals surface area contributed by atoms with E-state index < -0.39 is 0 Å². The third-order valence-corrected chi connectivity index (χ3v) is 5.30. The van der Waals surface area contributed by atoms with Gasteiger partial charge in [-0.2, -0.15) is 0 Å². The lowest BCUT2D eigenvalue weighted by Crippen LogP contribution is -2.43. The van der Waals surface area contributed by atoms with Gasteiger partial charge in [0, 0.05) is 25.7 Å². The Labute approximate surface area is 150 Å². The van der Waals surface area contributed by atoms with Crippen molar-refractivity contribution in [3.05, 3.63) is 71.3 Å². The first-order valence-corrected chi connectivity index (χ1v) is 9.46. The molecule has 132 valence electrons. The number of hydrogen-bond acceptors (Lipinski definition) is 3. The fourth-order valence-electron chi connectivity index (χ4n) is 3.87. The minimum Gasteiger partial charge on any atom is -0.353 e. The maximum atomic E-state index is 6.14. The van der Waals surface area contributed by atoms with Gasteiger partial charge in [0.2, 0.25) is 0 Å². The zero-order chi connectivity index (χ0) is 16.9. The summed E-state index contributed by atoms with van der Waals surface area (Å²) in [6.07, 6.45) is 4.45. The first-order chi connectivity index (χ1) is 12.4. The molecule has 1 fully saturated rings. The van der Waals surface area contributed by atoms with Crippen LogP contribution in [0.5, 0.6) is 0 Å². The Morgan fingerprint density at radius 2 is 1.76 bits per heavy atom. The first-order valence-electron chi connectivity index (χ1n) is 9.46. The molecule has 0 N–H and O–H groups in total. The summed E-state index contributed by atoms with van der Waals surface area (Å²) >= 11 is 0. The Kier molecular flexibility index (Phi) is 5.46. The van der Waals surface area contributed by atoms with E-state index in [9.17, 15) is 0 Å². The minimum atomic E-state index is -0.00973. The van der Waals surface area contributed by atoms with Crippen LogP contribution in [0, 0.1) is 0 Å². The van der Waals surface area contributed by atoms with E-state index in [4.69, 9.17) is 9.47 Å². The summed E-state index contributed by atoms with van der Waals surface area (Å²) in [6, 6.07) is 20.0. The lowest BCUT2D eigenvalue weighted by atomic mass is 9.94. The average molecular weight is 337 g/mol. The van der Waals surface area contributed by atoms with Gasteiger partial charge in [0.25, 0.3) is 0 Å². The minimum absolute atomic E-state index is 0.00973. The van der Waals surface area contributed by atoms with Gasteiger partial charge in [-0.25, -0.2) is 0 Å². The van der Waals surface area contributed by atoms with Gasteiger partial charge in [0.05, 0.1) is 6.61 Å². The van der Waals surface area contributed by atoms with E-state index in [1.54, 1.807) is 0 Å². The zero-order valence-corrected chi connectivity index (χ0v) is 14.8. The van der Waals surface area contributed by atoms with Crippen molar-refractivity contribution in [3.8, 4) is 0 Å². The largest absolute Gasteiger partial charge is 0.353 e. The second-order valence-corrected chi connectivity index (χ2v) is 7.15. The number of nitrogens with zero attached hydrogens (tertiary/aromatic N) is 1. The number of rotatable bonds is 5. The van der Waals surface area contributed by atoms with Gasteiger partial charge in [-0.1, -0.05) is 54.6 Å². The highest BCUT2D eigenvalue weighted by atomic mass is 16.7. The molecule has 2 aliphatic heterocycles. The van der Waals surface area contributed by atoms with E-state index in [1.165, 1.54) is 23.1 Å². The highest BCUT2D eigenvalue weighted by Crippen LogP contribution is 2.26. The highest BCUT2D eigenvalue weighted by molar-refractivity contribution is 5.30. The van der Waals surface area contributed by atoms with E-state index in [0.717, 1.165) is 45.6 Å². The van der Waals surface area contributed by atoms with Crippen molar-refractivity contribution in [2.24, 2.45) is 0 Å². The van der Waals surface area contributed by atoms with Gasteiger partial charge < -0.3 is 9.47 Å². The molecule has 2 atom stereocenters. The molecule has 25 heavy (non-hydrogen) atoms. The summed E-state index contributed by atoms with van der Waals surface area (Å²) in [5.74, 6) is 0. The molecule has 1 saturated heterocycles. The summed E-state index contributed by atoms with van der Waals surface area (Å²) in [7, 11) is 0. The fraction of sp³-hybridized carbons (Fsp3) is 0.455. The molecule has 1 unspecified atom stereocenters. The summed E-state index contributed by atoms with van der Waals surface area (Å²) < 4.78 is 11.9. The first kappa shape index (κ1) is 16.8. The normalized spacial score (nSPS) is 24.0. The van der Waals surface area contributed by atoms with Crippen molar-refractivity contribution >= 4 is 0 Å². The lowest BCUT2D eigenvalue weighted by Gasteiger charge is -2.37. The molecule has 0 saturated carbocycles. The van der Waals surface area contributed by atoms with Crippen LogP contribution in [0.2, 0.25) is 0 Å². The van der Waals surface area contributed by atoms with Crippen LogP contribution >= 0.6 is 0 Å². The van der Waals surface area contributed by atoms with Crippen molar-refractivity contribution in [3.63, 3.8) is 0 Å². The highest BCUT2D eigenvalue weighted by Gasteiger charge is 2.27. The molecular formula is C22H27NO2. The molecular weight excluding hydrogens is 310 g/mol. The van der Waals surface area contributed by atoms with Crippen LogP contribution in [0.3, 0.4) is 0 Å². The van der Waals surface area contributed by atoms with Gasteiger partial charge in [-0.05, 0) is 42.4 Å². The van der Waals surface area contributed by atoms with E-state index in [0.29, 0.717) is 6.04 Å². The van der Waals surface area contributed by atoms with E-state index >= 15 is 0 Å². The summed E-state index contributed by atoms with van der Waals surface area (Å²) in [5, 5.41) is 0. The van der Waals surface area contributed by atoms with Crippen molar-refractivity contribution < 1.29 is 9.47 Å². The third kappa shape index (κ3) is 4.30. The standard InChI is InChI=1S/C22H27NO2/c1-2-8-18(9-3-1)15-23-16-20-11-5-4-10-19(20)14-21(23)17-25-22-12-6-7-13-24-22/h1-5,8-11,21-22H,6-7,12-17H2/t21-,22?/m1/s1. The molecule has 2 aliphatic rings. The smallest absolute Gasteiger partial charge is 0.157 e. The molecule has 0 radical (unpaired) electrons. The van der Waals surface area contributed by atoms with Crippen LogP contribution in [0.15, 0.2) is 54.6 Å². The lowest BCUT2D eigenvalue weighted by molar-refractivity contribution is -0.172. The monoisotopic (exact) mass is 337 g/mol. The van der Waals surface area contributed by atoms with E-state index in [-0.39, 0.29) is 6.29 Å². The number of fused-ring (bicyclic) bond motifs is 1. The second kappa shape index (κ2) is 8.13. The van der Waals surface area contributed by atoms with Crippen LogP contribution in [0.1, 0.15) is 36.0 Å². The van der Waals surface area contributed by atoms with Crippen molar-refractivity contribution in [1.82, 2.24) is 4.90 Å². The van der Waals surface area contributed by atoms with Crippen LogP contribution < -0.4 is 0 Å². The molecule has 3 heteroatoms. The number of benzene rings is 2. The average Bonchev–Trinajstić information content (AvgIpc) is 2.68. The van der Waals surface area contributed by atoms with E-state index in [1.807, 2.05) is 0 Å². The summed E-state index contributed by atoms with van der Waals surface area (Å²) in [5.41, 5.74) is 4.27. The fourth-order valence-corrected chi connectivity index (χ4v) is 3.87. The maximum Gasteiger partial charge on any atom is 0.157 e. The second-order valence-electron chi connectivity index (χ2n) is 7.15. The Hall–Kier alpha value is -1.68. The molecule has 3 nitrogen and oxygen atoms in total. The third-order valence-electron chi connectivity index (χ3n) is 5.30. The SMILES string of the molecule is c1ccc(CN2Cc3ccccc3C[C@@H]2COC2CCCCO2)cc1. The quantitative estimate of drug-likeness (QED) is 0.818. The van der Waals surface area contributed by atoms with Crippen LogP contribution in [0.25, 0.3) is 0 Å². The topological polar surface area (TPSA) is 21.7 Å². The van der Waals surface area contributed by atoms with Gasteiger partial charge in [-0.3, -0.25) is 4.90 Å². The maximum absolute atomic E-state index is 6.14. The van der Waals surface area contributed by atoms with Crippen LogP contribution in [0.4, 0.5) is 0 Å². The molecule has 2 heterocycles. The van der Waals surface area contributed by atoms with Gasteiger partial charge in [-0.15, -0.1) is 0 Å². The Morgan fingerprint density at radius 3 is 2.56 bits per heavy atom. The van der Waals surface area contributed by atoms with Crippen LogP contribution in [-0.2, 0) is 29.0 Å². The Bertz CT molecular complexity index is 667. The van der Waals surface area contributed by atoms with Gasteiger partial charge in [0.1, 0.15) is 0 Å². The number of ether oxygens (including phenoxy) is 2. The van der Waals surface area contributed by atoms with Crippen LogP contribution in [-0.4, -0.2) is 30.4 Å². The van der Waals surface area contributed by atoms with Gasteiger partial charge in [0.15, 0.2) is 6.29 Å². The zero-order valence-electron chi connectivity index (χ0n) is 14.8. The molecule has 0 amide bonds. The molecule has 0 aliphatic carbocycles. The molecule has 0 bridgehead atoms. The van der Waals surface area contributed by atoms with Crippen molar-refractivity contribution in [2.45, 2.75) is 51.1 Å². The number of hydrogen-bond donors (Lipinski definition) is 0. The predicted octanol–water partition coefficient (Wildman–Crippen LogP) is 4.16. The van der Waals surface area contributed by atoms with Crippen molar-refractivity contribution in [2.75, 3.05) is 13.2 Å². The molecule has 0 aromatic heterocycles. The molecule has 2 aromatic carbocycles. The molecule has 2 aromatic rings.